The molecule has 1 heterocycles. The quantitative estimate of drug-likeness (QED) is 0.646. The molecule has 0 atom stereocenters. The minimum Gasteiger partial charge on any atom is -0.299 e. The Morgan fingerprint density at radius 3 is 2.12 bits per heavy atom. The first kappa shape index (κ1) is 15.7. The monoisotopic (exact) mass is 331 g/mol. The van der Waals surface area contributed by atoms with E-state index in [0.29, 0.717) is 16.8 Å². The molecule has 0 saturated heterocycles. The molecule has 0 N–H and O–H groups in total. The SMILES string of the molecule is N#Cc1ccc(-n2cc(C(F)(F)F)nc2-c2ccc(F)cc2)cc1. The van der Waals surface area contributed by atoms with Gasteiger partial charge in [0, 0.05) is 17.4 Å². The second-order valence-corrected chi connectivity index (χ2v) is 4.98. The van der Waals surface area contributed by atoms with Gasteiger partial charge < -0.3 is 0 Å². The molecule has 0 amide bonds. The molecular weight excluding hydrogens is 322 g/mol. The molecule has 0 radical (unpaired) electrons. The van der Waals surface area contributed by atoms with Crippen LogP contribution in [0.3, 0.4) is 0 Å². The van der Waals surface area contributed by atoms with Crippen molar-refractivity contribution in [3.8, 4) is 23.1 Å². The van der Waals surface area contributed by atoms with E-state index < -0.39 is 17.7 Å². The molecule has 0 fully saturated rings. The third kappa shape index (κ3) is 2.99. The maximum absolute atomic E-state index is 13.1. The maximum atomic E-state index is 13.1. The Bertz CT molecular complexity index is 901. The number of hydrogen-bond donors (Lipinski definition) is 0. The van der Waals surface area contributed by atoms with Gasteiger partial charge in [-0.25, -0.2) is 9.37 Å². The number of hydrogen-bond acceptors (Lipinski definition) is 2. The van der Waals surface area contributed by atoms with Crippen molar-refractivity contribution in [1.82, 2.24) is 9.55 Å². The van der Waals surface area contributed by atoms with E-state index in [1.54, 1.807) is 0 Å². The number of benzene rings is 2. The number of halogens is 4. The molecule has 0 aliphatic heterocycles. The lowest BCUT2D eigenvalue weighted by Gasteiger charge is -2.08. The van der Waals surface area contributed by atoms with Crippen molar-refractivity contribution in [2.75, 3.05) is 0 Å². The van der Waals surface area contributed by atoms with E-state index in [2.05, 4.69) is 4.98 Å². The molecule has 24 heavy (non-hydrogen) atoms. The van der Waals surface area contributed by atoms with Crippen molar-refractivity contribution in [2.24, 2.45) is 0 Å². The van der Waals surface area contributed by atoms with E-state index in [1.807, 2.05) is 6.07 Å². The molecule has 0 bridgehead atoms. The van der Waals surface area contributed by atoms with Gasteiger partial charge in [0.15, 0.2) is 5.69 Å². The van der Waals surface area contributed by atoms with Gasteiger partial charge >= 0.3 is 6.18 Å². The van der Waals surface area contributed by atoms with Crippen LogP contribution in [0.5, 0.6) is 0 Å². The predicted octanol–water partition coefficient (Wildman–Crippen LogP) is 4.57. The van der Waals surface area contributed by atoms with Crippen molar-refractivity contribution in [3.05, 3.63) is 71.8 Å². The lowest BCUT2D eigenvalue weighted by molar-refractivity contribution is -0.140. The van der Waals surface area contributed by atoms with Gasteiger partial charge in [-0.05, 0) is 48.5 Å². The van der Waals surface area contributed by atoms with Crippen LogP contribution in [0.15, 0.2) is 54.7 Å². The fourth-order valence-corrected chi connectivity index (χ4v) is 2.21. The zero-order chi connectivity index (χ0) is 17.3. The summed E-state index contributed by atoms with van der Waals surface area (Å²) in [4.78, 5) is 3.65. The summed E-state index contributed by atoms with van der Waals surface area (Å²) in [6, 6.07) is 13.0. The first-order valence-corrected chi connectivity index (χ1v) is 6.81. The van der Waals surface area contributed by atoms with Crippen LogP contribution in [0.2, 0.25) is 0 Å². The number of nitriles is 1. The van der Waals surface area contributed by atoms with Crippen LogP contribution in [0.25, 0.3) is 17.1 Å². The smallest absolute Gasteiger partial charge is 0.299 e. The lowest BCUT2D eigenvalue weighted by atomic mass is 10.2. The van der Waals surface area contributed by atoms with E-state index in [4.69, 9.17) is 5.26 Å². The Morgan fingerprint density at radius 1 is 0.958 bits per heavy atom. The van der Waals surface area contributed by atoms with Crippen LogP contribution in [-0.4, -0.2) is 9.55 Å². The van der Waals surface area contributed by atoms with Gasteiger partial charge in [-0.1, -0.05) is 0 Å². The second kappa shape index (κ2) is 5.81. The largest absolute Gasteiger partial charge is 0.434 e. The minimum absolute atomic E-state index is 0.0343. The maximum Gasteiger partial charge on any atom is 0.434 e. The van der Waals surface area contributed by atoms with Crippen LogP contribution in [0, 0.1) is 17.1 Å². The highest BCUT2D eigenvalue weighted by atomic mass is 19.4. The van der Waals surface area contributed by atoms with Crippen molar-refractivity contribution >= 4 is 0 Å². The third-order valence-corrected chi connectivity index (χ3v) is 3.37. The van der Waals surface area contributed by atoms with Crippen molar-refractivity contribution in [2.45, 2.75) is 6.18 Å². The molecule has 0 aliphatic carbocycles. The van der Waals surface area contributed by atoms with Gasteiger partial charge in [0.2, 0.25) is 0 Å². The summed E-state index contributed by atoms with van der Waals surface area (Å²) in [5, 5.41) is 8.82. The number of aromatic nitrogens is 2. The highest BCUT2D eigenvalue weighted by Crippen LogP contribution is 2.32. The molecule has 3 aromatic rings. The van der Waals surface area contributed by atoms with Crippen LogP contribution in [0.1, 0.15) is 11.3 Å². The summed E-state index contributed by atoms with van der Waals surface area (Å²) < 4.78 is 53.4. The fourth-order valence-electron chi connectivity index (χ4n) is 2.21. The Hall–Kier alpha value is -3.14. The normalized spacial score (nSPS) is 11.3. The first-order valence-electron chi connectivity index (χ1n) is 6.81. The molecule has 2 aromatic carbocycles. The molecule has 120 valence electrons. The summed E-state index contributed by atoms with van der Waals surface area (Å²) in [5.41, 5.74) is 0.0945. The molecule has 7 heteroatoms. The highest BCUT2D eigenvalue weighted by Gasteiger charge is 2.35. The highest BCUT2D eigenvalue weighted by molar-refractivity contribution is 5.59. The molecule has 0 aliphatic rings. The third-order valence-electron chi connectivity index (χ3n) is 3.37. The van der Waals surface area contributed by atoms with E-state index in [0.717, 1.165) is 18.3 Å². The van der Waals surface area contributed by atoms with E-state index >= 15 is 0 Å². The Kier molecular flexibility index (Phi) is 3.81. The summed E-state index contributed by atoms with van der Waals surface area (Å²) in [7, 11) is 0. The molecule has 0 spiro atoms. The van der Waals surface area contributed by atoms with E-state index in [-0.39, 0.29) is 5.82 Å². The van der Waals surface area contributed by atoms with E-state index in [9.17, 15) is 17.6 Å². The van der Waals surface area contributed by atoms with Gasteiger partial charge in [-0.2, -0.15) is 18.4 Å². The summed E-state index contributed by atoms with van der Waals surface area (Å²) >= 11 is 0. The standard InChI is InChI=1S/C17H9F4N3/c18-13-5-3-12(4-6-13)16-23-15(17(19,20)21)10-24(16)14-7-1-11(9-22)2-8-14/h1-8,10H. The molecule has 3 nitrogen and oxygen atoms in total. The molecule has 3 rings (SSSR count). The van der Waals surface area contributed by atoms with Gasteiger partial charge in [-0.15, -0.1) is 0 Å². The summed E-state index contributed by atoms with van der Waals surface area (Å²) in [6.07, 6.45) is -3.73. The zero-order valence-electron chi connectivity index (χ0n) is 12.0. The predicted molar refractivity (Wildman–Crippen MR) is 78.7 cm³/mol. The number of imidazole rings is 1. The minimum atomic E-state index is -4.60. The van der Waals surface area contributed by atoms with Crippen LogP contribution >= 0.6 is 0 Å². The first-order chi connectivity index (χ1) is 11.4. The fraction of sp³-hybridized carbons (Fsp3) is 0.0588. The van der Waals surface area contributed by atoms with Gasteiger partial charge in [0.1, 0.15) is 11.6 Å². The topological polar surface area (TPSA) is 41.6 Å². The summed E-state index contributed by atoms with van der Waals surface area (Å²) in [6.45, 7) is 0. The van der Waals surface area contributed by atoms with Crippen LogP contribution in [-0.2, 0) is 6.18 Å². The van der Waals surface area contributed by atoms with Gasteiger partial charge in [-0.3, -0.25) is 4.57 Å². The van der Waals surface area contributed by atoms with Gasteiger partial charge in [0.25, 0.3) is 0 Å². The van der Waals surface area contributed by atoms with Crippen molar-refractivity contribution in [3.63, 3.8) is 0 Å². The molecular formula is C17H9F4N3. The number of nitrogens with zero attached hydrogens (tertiary/aromatic N) is 3. The number of rotatable bonds is 2. The van der Waals surface area contributed by atoms with Crippen LogP contribution < -0.4 is 0 Å². The second-order valence-electron chi connectivity index (χ2n) is 4.98. The molecule has 0 unspecified atom stereocenters. The Morgan fingerprint density at radius 2 is 1.58 bits per heavy atom. The van der Waals surface area contributed by atoms with Crippen molar-refractivity contribution < 1.29 is 17.6 Å². The summed E-state index contributed by atoms with van der Waals surface area (Å²) in [5.74, 6) is -0.460. The molecule has 1 aromatic heterocycles. The van der Waals surface area contributed by atoms with E-state index in [1.165, 1.54) is 41.0 Å². The average molecular weight is 331 g/mol. The zero-order valence-corrected chi connectivity index (χ0v) is 12.0. The van der Waals surface area contributed by atoms with Crippen LogP contribution in [0.4, 0.5) is 17.6 Å². The number of alkyl halides is 3. The average Bonchev–Trinajstić information content (AvgIpc) is 3.01. The Labute approximate surface area is 134 Å². The van der Waals surface area contributed by atoms with Crippen molar-refractivity contribution in [1.29, 1.82) is 5.26 Å². The lowest BCUT2D eigenvalue weighted by Crippen LogP contribution is -2.05. The Balaban J connectivity index is 2.17. The van der Waals surface area contributed by atoms with Gasteiger partial charge in [0.05, 0.1) is 11.6 Å². The molecule has 0 saturated carbocycles.